The van der Waals surface area contributed by atoms with E-state index >= 15 is 0 Å². The maximum atomic E-state index is 5.71. The van der Waals surface area contributed by atoms with Gasteiger partial charge in [-0.25, -0.2) is 0 Å². The molecule has 1 heteroatoms. The Bertz CT molecular complexity index is 194. The fourth-order valence-corrected chi connectivity index (χ4v) is 3.52. The summed E-state index contributed by atoms with van der Waals surface area (Å²) in [6, 6.07) is 0. The van der Waals surface area contributed by atoms with Gasteiger partial charge >= 0.3 is 0 Å². The van der Waals surface area contributed by atoms with Gasteiger partial charge in [-0.1, -0.05) is 45.1 Å². The minimum Gasteiger partial charge on any atom is -0.498 e. The molecular formula is C14H24O. The molecule has 0 saturated heterocycles. The monoisotopic (exact) mass is 208 g/mol. The molecule has 0 aromatic carbocycles. The van der Waals surface area contributed by atoms with E-state index in [-0.39, 0.29) is 0 Å². The average Bonchev–Trinajstić information content (AvgIpc) is 2.31. The summed E-state index contributed by atoms with van der Waals surface area (Å²) in [5.41, 5.74) is 0. The lowest BCUT2D eigenvalue weighted by atomic mass is 9.72. The van der Waals surface area contributed by atoms with Gasteiger partial charge in [-0.15, -0.1) is 0 Å². The Morgan fingerprint density at radius 1 is 0.867 bits per heavy atom. The third-order valence-corrected chi connectivity index (χ3v) is 4.28. The van der Waals surface area contributed by atoms with E-state index in [1.54, 1.807) is 6.26 Å². The lowest BCUT2D eigenvalue weighted by Gasteiger charge is -2.38. The van der Waals surface area contributed by atoms with Gasteiger partial charge in [0.1, 0.15) is 6.10 Å². The van der Waals surface area contributed by atoms with Gasteiger partial charge in [-0.05, 0) is 31.1 Å². The average molecular weight is 208 g/mol. The van der Waals surface area contributed by atoms with Crippen LogP contribution in [-0.4, -0.2) is 6.10 Å². The van der Waals surface area contributed by atoms with Crippen molar-refractivity contribution in [2.24, 2.45) is 11.8 Å². The number of rotatable bonds is 3. The number of hydrogen-bond acceptors (Lipinski definition) is 1. The van der Waals surface area contributed by atoms with Crippen molar-refractivity contribution in [2.75, 3.05) is 0 Å². The van der Waals surface area contributed by atoms with Crippen LogP contribution < -0.4 is 0 Å². The summed E-state index contributed by atoms with van der Waals surface area (Å²) in [5, 5.41) is 0. The summed E-state index contributed by atoms with van der Waals surface area (Å²) in [6.45, 7) is 3.71. The summed E-state index contributed by atoms with van der Waals surface area (Å²) in [7, 11) is 0. The van der Waals surface area contributed by atoms with Crippen LogP contribution in [0.3, 0.4) is 0 Å². The van der Waals surface area contributed by atoms with Crippen LogP contribution in [0.2, 0.25) is 0 Å². The Morgan fingerprint density at radius 2 is 1.53 bits per heavy atom. The van der Waals surface area contributed by atoms with Crippen molar-refractivity contribution in [3.05, 3.63) is 12.8 Å². The van der Waals surface area contributed by atoms with Crippen LogP contribution in [0.15, 0.2) is 12.8 Å². The van der Waals surface area contributed by atoms with Crippen LogP contribution in [-0.2, 0) is 4.74 Å². The van der Waals surface area contributed by atoms with Crippen LogP contribution in [0.1, 0.15) is 57.8 Å². The Balaban J connectivity index is 1.93. The van der Waals surface area contributed by atoms with Gasteiger partial charge in [0, 0.05) is 0 Å². The van der Waals surface area contributed by atoms with E-state index in [9.17, 15) is 0 Å². The van der Waals surface area contributed by atoms with Crippen LogP contribution in [0.25, 0.3) is 0 Å². The van der Waals surface area contributed by atoms with Crippen LogP contribution in [0, 0.1) is 11.8 Å². The first-order valence-electron chi connectivity index (χ1n) is 6.68. The predicted octanol–water partition coefficient (Wildman–Crippen LogP) is 4.29. The smallest absolute Gasteiger partial charge is 0.101 e. The van der Waals surface area contributed by atoms with Crippen molar-refractivity contribution in [3.63, 3.8) is 0 Å². The second kappa shape index (κ2) is 5.58. The molecule has 0 N–H and O–H groups in total. The highest BCUT2D eigenvalue weighted by Crippen LogP contribution is 2.39. The molecule has 0 amide bonds. The van der Waals surface area contributed by atoms with Crippen molar-refractivity contribution >= 4 is 0 Å². The van der Waals surface area contributed by atoms with E-state index in [4.69, 9.17) is 4.74 Å². The van der Waals surface area contributed by atoms with Gasteiger partial charge in [-0.2, -0.15) is 0 Å². The lowest BCUT2D eigenvalue weighted by molar-refractivity contribution is 0.0139. The fourth-order valence-electron chi connectivity index (χ4n) is 3.52. The molecule has 0 aromatic rings. The zero-order valence-electron chi connectivity index (χ0n) is 9.79. The summed E-state index contributed by atoms with van der Waals surface area (Å²) in [6.07, 6.45) is 14.8. The zero-order chi connectivity index (χ0) is 10.5. The topological polar surface area (TPSA) is 9.23 Å². The molecule has 86 valence electrons. The summed E-state index contributed by atoms with van der Waals surface area (Å²) in [5.74, 6) is 1.78. The minimum atomic E-state index is 0.486. The molecule has 0 aliphatic heterocycles. The fraction of sp³-hybridized carbons (Fsp3) is 0.857. The Labute approximate surface area is 93.9 Å². The second-order valence-corrected chi connectivity index (χ2v) is 5.19. The number of ether oxygens (including phenoxy) is 1. The molecule has 2 fully saturated rings. The lowest BCUT2D eigenvalue weighted by Crippen LogP contribution is -2.33. The van der Waals surface area contributed by atoms with Gasteiger partial charge in [-0.3, -0.25) is 0 Å². The third kappa shape index (κ3) is 2.76. The van der Waals surface area contributed by atoms with E-state index in [1.807, 2.05) is 0 Å². The quantitative estimate of drug-likeness (QED) is 0.629. The summed E-state index contributed by atoms with van der Waals surface area (Å²) >= 11 is 0. The minimum absolute atomic E-state index is 0.486. The normalized spacial score (nSPS) is 33.6. The molecule has 0 radical (unpaired) electrons. The van der Waals surface area contributed by atoms with Gasteiger partial charge in [0.2, 0.25) is 0 Å². The van der Waals surface area contributed by atoms with E-state index in [1.165, 1.54) is 57.8 Å². The Morgan fingerprint density at radius 3 is 2.27 bits per heavy atom. The maximum absolute atomic E-state index is 5.71. The summed E-state index contributed by atoms with van der Waals surface area (Å²) < 4.78 is 5.71. The largest absolute Gasteiger partial charge is 0.498 e. The van der Waals surface area contributed by atoms with E-state index in [0.29, 0.717) is 6.10 Å². The highest BCUT2D eigenvalue weighted by atomic mass is 16.5. The molecular weight excluding hydrogens is 184 g/mol. The SMILES string of the molecule is C=COC1CCCCC1C1CCCCC1. The van der Waals surface area contributed by atoms with E-state index in [0.717, 1.165) is 11.8 Å². The molecule has 0 heterocycles. The molecule has 2 aliphatic carbocycles. The molecule has 2 atom stereocenters. The Hall–Kier alpha value is -0.460. The van der Waals surface area contributed by atoms with Crippen LogP contribution in [0.4, 0.5) is 0 Å². The highest BCUT2D eigenvalue weighted by molar-refractivity contribution is 4.84. The molecule has 0 bridgehead atoms. The first kappa shape index (κ1) is 11.0. The Kier molecular flexibility index (Phi) is 4.10. The van der Waals surface area contributed by atoms with Crippen molar-refractivity contribution in [1.29, 1.82) is 0 Å². The van der Waals surface area contributed by atoms with Crippen LogP contribution in [0.5, 0.6) is 0 Å². The van der Waals surface area contributed by atoms with Crippen molar-refractivity contribution in [1.82, 2.24) is 0 Å². The van der Waals surface area contributed by atoms with Gasteiger partial charge in [0.25, 0.3) is 0 Å². The molecule has 0 spiro atoms. The molecule has 0 aromatic heterocycles. The zero-order valence-corrected chi connectivity index (χ0v) is 9.79. The first-order valence-corrected chi connectivity index (χ1v) is 6.68. The van der Waals surface area contributed by atoms with Crippen molar-refractivity contribution in [3.8, 4) is 0 Å². The molecule has 2 unspecified atom stereocenters. The first-order chi connectivity index (χ1) is 7.42. The second-order valence-electron chi connectivity index (χ2n) is 5.19. The molecule has 2 aliphatic rings. The third-order valence-electron chi connectivity index (χ3n) is 4.28. The maximum Gasteiger partial charge on any atom is 0.101 e. The molecule has 2 saturated carbocycles. The van der Waals surface area contributed by atoms with Gasteiger partial charge in [0.05, 0.1) is 6.26 Å². The molecule has 1 nitrogen and oxygen atoms in total. The molecule has 15 heavy (non-hydrogen) atoms. The van der Waals surface area contributed by atoms with Gasteiger partial charge < -0.3 is 4.74 Å². The summed E-state index contributed by atoms with van der Waals surface area (Å²) in [4.78, 5) is 0. The van der Waals surface area contributed by atoms with E-state index in [2.05, 4.69) is 6.58 Å². The van der Waals surface area contributed by atoms with Crippen molar-refractivity contribution < 1.29 is 4.74 Å². The van der Waals surface area contributed by atoms with Gasteiger partial charge in [0.15, 0.2) is 0 Å². The van der Waals surface area contributed by atoms with Crippen molar-refractivity contribution in [2.45, 2.75) is 63.9 Å². The molecule has 2 rings (SSSR count). The van der Waals surface area contributed by atoms with Crippen LogP contribution >= 0.6 is 0 Å². The predicted molar refractivity (Wildman–Crippen MR) is 63.6 cm³/mol. The number of hydrogen-bond donors (Lipinski definition) is 0. The standard InChI is InChI=1S/C14H24O/c1-2-15-14-11-7-6-10-13(14)12-8-4-3-5-9-12/h2,12-14H,1,3-11H2. The highest BCUT2D eigenvalue weighted by Gasteiger charge is 2.33. The van der Waals surface area contributed by atoms with E-state index < -0.39 is 0 Å².